The molecule has 1 aromatic carbocycles. The smallest absolute Gasteiger partial charge is 0.325 e. The summed E-state index contributed by atoms with van der Waals surface area (Å²) >= 11 is 3.26. The van der Waals surface area contributed by atoms with Gasteiger partial charge in [-0.3, -0.25) is 4.79 Å². The van der Waals surface area contributed by atoms with Gasteiger partial charge in [-0.2, -0.15) is 0 Å². The maximum Gasteiger partial charge on any atom is 0.325 e. The highest BCUT2D eigenvalue weighted by Crippen LogP contribution is 2.54. The second kappa shape index (κ2) is 4.04. The molecule has 0 radical (unpaired) electrons. The third-order valence-corrected chi connectivity index (χ3v) is 5.35. The molecule has 1 saturated carbocycles. The van der Waals surface area contributed by atoms with Crippen molar-refractivity contribution >= 4 is 31.7 Å². The summed E-state index contributed by atoms with van der Waals surface area (Å²) in [6, 6.07) is 6.83. The molecular formula is C11H12BrNO4S. The Labute approximate surface area is 113 Å². The number of sulfone groups is 1. The SMILES string of the molecule is CS(=O)(=O)[C@@H]1[C@H](c2ccc(Br)cc2)[C@]1(N)C(=O)O. The van der Waals surface area contributed by atoms with Crippen LogP contribution in [0.3, 0.4) is 0 Å². The van der Waals surface area contributed by atoms with Crippen LogP contribution in [0.25, 0.3) is 0 Å². The summed E-state index contributed by atoms with van der Waals surface area (Å²) in [6.45, 7) is 0. The van der Waals surface area contributed by atoms with E-state index in [9.17, 15) is 13.2 Å². The average Bonchev–Trinajstić information content (AvgIpc) is 2.87. The van der Waals surface area contributed by atoms with Gasteiger partial charge in [0, 0.05) is 16.6 Å². The average molecular weight is 334 g/mol. The third kappa shape index (κ3) is 1.96. The van der Waals surface area contributed by atoms with Gasteiger partial charge in [-0.05, 0) is 17.7 Å². The van der Waals surface area contributed by atoms with Crippen molar-refractivity contribution in [2.45, 2.75) is 16.7 Å². The van der Waals surface area contributed by atoms with Crippen LogP contribution in [0.5, 0.6) is 0 Å². The van der Waals surface area contributed by atoms with E-state index in [0.29, 0.717) is 5.56 Å². The number of carboxylic acids is 1. The molecular weight excluding hydrogens is 322 g/mol. The van der Waals surface area contributed by atoms with Gasteiger partial charge in [0.05, 0.1) is 5.25 Å². The third-order valence-electron chi connectivity index (χ3n) is 3.24. The van der Waals surface area contributed by atoms with E-state index in [2.05, 4.69) is 15.9 Å². The molecule has 1 fully saturated rings. The summed E-state index contributed by atoms with van der Waals surface area (Å²) in [4.78, 5) is 11.2. The van der Waals surface area contributed by atoms with Crippen LogP contribution < -0.4 is 5.73 Å². The Hall–Kier alpha value is -0.920. The van der Waals surface area contributed by atoms with E-state index in [-0.39, 0.29) is 0 Å². The molecule has 0 heterocycles. The molecule has 18 heavy (non-hydrogen) atoms. The van der Waals surface area contributed by atoms with E-state index in [1.165, 1.54) is 0 Å². The highest BCUT2D eigenvalue weighted by Gasteiger charge is 2.73. The lowest BCUT2D eigenvalue weighted by molar-refractivity contribution is -0.139. The van der Waals surface area contributed by atoms with E-state index < -0.39 is 32.5 Å². The second-order valence-electron chi connectivity index (χ2n) is 4.52. The lowest BCUT2D eigenvalue weighted by atomic mass is 10.1. The van der Waals surface area contributed by atoms with Gasteiger partial charge < -0.3 is 10.8 Å². The van der Waals surface area contributed by atoms with Crippen LogP contribution in [-0.4, -0.2) is 36.5 Å². The molecule has 7 heteroatoms. The van der Waals surface area contributed by atoms with Crippen molar-refractivity contribution in [3.63, 3.8) is 0 Å². The Morgan fingerprint density at radius 1 is 1.39 bits per heavy atom. The van der Waals surface area contributed by atoms with E-state index >= 15 is 0 Å². The summed E-state index contributed by atoms with van der Waals surface area (Å²) in [6.07, 6.45) is 1.01. The molecule has 3 N–H and O–H groups in total. The Morgan fingerprint density at radius 2 is 1.89 bits per heavy atom. The molecule has 0 aromatic heterocycles. The molecule has 1 aromatic rings. The van der Waals surface area contributed by atoms with Gasteiger partial charge in [0.1, 0.15) is 5.54 Å². The lowest BCUT2D eigenvalue weighted by Gasteiger charge is -2.04. The van der Waals surface area contributed by atoms with Gasteiger partial charge in [0.25, 0.3) is 0 Å². The molecule has 1 aliphatic rings. The topological polar surface area (TPSA) is 97.5 Å². The fraction of sp³-hybridized carbons (Fsp3) is 0.364. The van der Waals surface area contributed by atoms with Crippen molar-refractivity contribution in [1.29, 1.82) is 0 Å². The van der Waals surface area contributed by atoms with Crippen LogP contribution in [0, 0.1) is 0 Å². The van der Waals surface area contributed by atoms with E-state index in [0.717, 1.165) is 10.7 Å². The van der Waals surface area contributed by atoms with Crippen LogP contribution in [0.2, 0.25) is 0 Å². The molecule has 0 amide bonds. The minimum atomic E-state index is -3.51. The highest BCUT2D eigenvalue weighted by atomic mass is 79.9. The van der Waals surface area contributed by atoms with Gasteiger partial charge in [-0.15, -0.1) is 0 Å². The van der Waals surface area contributed by atoms with Crippen molar-refractivity contribution in [2.75, 3.05) is 6.26 Å². The maximum absolute atomic E-state index is 11.6. The molecule has 0 spiro atoms. The first-order valence-corrected chi connectivity index (χ1v) is 7.90. The molecule has 0 saturated heterocycles. The van der Waals surface area contributed by atoms with Crippen LogP contribution in [0.1, 0.15) is 11.5 Å². The zero-order valence-corrected chi connectivity index (χ0v) is 11.9. The van der Waals surface area contributed by atoms with Crippen LogP contribution in [0.15, 0.2) is 28.7 Å². The first-order valence-electron chi connectivity index (χ1n) is 5.15. The number of carbonyl (C=O) groups is 1. The van der Waals surface area contributed by atoms with Crippen LogP contribution >= 0.6 is 15.9 Å². The van der Waals surface area contributed by atoms with Gasteiger partial charge in [-0.1, -0.05) is 28.1 Å². The molecule has 0 bridgehead atoms. The van der Waals surface area contributed by atoms with Gasteiger partial charge in [-0.25, -0.2) is 8.42 Å². The van der Waals surface area contributed by atoms with Gasteiger partial charge >= 0.3 is 5.97 Å². The molecule has 0 unspecified atom stereocenters. The van der Waals surface area contributed by atoms with Crippen LogP contribution in [0.4, 0.5) is 0 Å². The molecule has 98 valence electrons. The largest absolute Gasteiger partial charge is 0.480 e. The minimum Gasteiger partial charge on any atom is -0.480 e. The normalized spacial score (nSPS) is 31.1. The number of nitrogens with two attached hydrogens (primary N) is 1. The van der Waals surface area contributed by atoms with Crippen molar-refractivity contribution < 1.29 is 18.3 Å². The first-order chi connectivity index (χ1) is 8.19. The fourth-order valence-corrected chi connectivity index (χ4v) is 4.37. The Bertz CT molecular complexity index is 598. The number of carboxylic acid groups (broad SMARTS) is 1. The number of hydrogen-bond donors (Lipinski definition) is 2. The standard InChI is InChI=1S/C11H12BrNO4S/c1-18(16,17)9-8(11(9,13)10(14)15)6-2-4-7(12)5-3-6/h2-5,8-9H,13H2,1H3,(H,14,15)/t8-,9+,11+/m0/s1. The van der Waals surface area contributed by atoms with E-state index in [1.807, 2.05) is 0 Å². The van der Waals surface area contributed by atoms with Crippen molar-refractivity contribution in [3.05, 3.63) is 34.3 Å². The van der Waals surface area contributed by atoms with Crippen molar-refractivity contribution in [2.24, 2.45) is 5.73 Å². The summed E-state index contributed by atoms with van der Waals surface area (Å²) in [5.74, 6) is -1.98. The molecule has 1 aliphatic carbocycles. The summed E-state index contributed by atoms with van der Waals surface area (Å²) in [7, 11) is -3.51. The maximum atomic E-state index is 11.6. The predicted molar refractivity (Wildman–Crippen MR) is 70.1 cm³/mol. The summed E-state index contributed by atoms with van der Waals surface area (Å²) < 4.78 is 24.1. The highest BCUT2D eigenvalue weighted by molar-refractivity contribution is 9.10. The Kier molecular flexibility index (Phi) is 3.03. The van der Waals surface area contributed by atoms with E-state index in [1.54, 1.807) is 24.3 Å². The fourth-order valence-electron chi connectivity index (χ4n) is 2.35. The lowest BCUT2D eigenvalue weighted by Crippen LogP contribution is -2.39. The molecule has 3 atom stereocenters. The van der Waals surface area contributed by atoms with Gasteiger partial charge in [0.2, 0.25) is 0 Å². The second-order valence-corrected chi connectivity index (χ2v) is 7.60. The number of benzene rings is 1. The van der Waals surface area contributed by atoms with Gasteiger partial charge in [0.15, 0.2) is 9.84 Å². The Morgan fingerprint density at radius 3 is 2.22 bits per heavy atom. The number of aliphatic carboxylic acids is 1. The number of halogens is 1. The number of rotatable bonds is 3. The minimum absolute atomic E-state index is 0.624. The quantitative estimate of drug-likeness (QED) is 0.850. The predicted octanol–water partition coefficient (Wildman–Crippen LogP) is 0.742. The molecule has 0 aliphatic heterocycles. The zero-order chi connectivity index (χ0) is 13.7. The molecule has 5 nitrogen and oxygen atoms in total. The Balaban J connectivity index is 2.45. The molecule has 2 rings (SSSR count). The van der Waals surface area contributed by atoms with Crippen molar-refractivity contribution in [1.82, 2.24) is 0 Å². The monoisotopic (exact) mass is 333 g/mol. The number of hydrogen-bond acceptors (Lipinski definition) is 4. The van der Waals surface area contributed by atoms with Crippen LogP contribution in [-0.2, 0) is 14.6 Å². The summed E-state index contributed by atoms with van der Waals surface area (Å²) in [5, 5.41) is 8.07. The zero-order valence-electron chi connectivity index (χ0n) is 9.50. The first kappa shape index (κ1) is 13.5. The van der Waals surface area contributed by atoms with Crippen molar-refractivity contribution in [3.8, 4) is 0 Å². The summed E-state index contributed by atoms with van der Waals surface area (Å²) in [5.41, 5.74) is 4.65. The van der Waals surface area contributed by atoms with E-state index in [4.69, 9.17) is 10.8 Å².